The number of hydrogen-bond acceptors (Lipinski definition) is 6. The summed E-state index contributed by atoms with van der Waals surface area (Å²) in [5.74, 6) is 0.520. The van der Waals surface area contributed by atoms with Crippen LogP contribution in [-0.2, 0) is 13.1 Å². The first-order chi connectivity index (χ1) is 15.2. The summed E-state index contributed by atoms with van der Waals surface area (Å²) < 4.78 is 19.9. The maximum absolute atomic E-state index is 13.6. The highest BCUT2D eigenvalue weighted by molar-refractivity contribution is 7.97. The van der Waals surface area contributed by atoms with Crippen LogP contribution >= 0.6 is 11.9 Å². The van der Waals surface area contributed by atoms with Crippen molar-refractivity contribution >= 4 is 23.4 Å². The van der Waals surface area contributed by atoms with Gasteiger partial charge in [0.1, 0.15) is 17.3 Å². The molecule has 3 aromatic heterocycles. The number of nitrogens with zero attached hydrogens (tertiary/aromatic N) is 6. The van der Waals surface area contributed by atoms with Gasteiger partial charge >= 0.3 is 0 Å². The fourth-order valence-electron chi connectivity index (χ4n) is 3.98. The molecule has 1 aliphatic heterocycles. The van der Waals surface area contributed by atoms with E-state index in [2.05, 4.69) is 19.3 Å². The zero-order chi connectivity index (χ0) is 20.9. The van der Waals surface area contributed by atoms with E-state index in [9.17, 15) is 4.39 Å². The predicted molar refractivity (Wildman–Crippen MR) is 120 cm³/mol. The molecule has 4 heterocycles. The van der Waals surface area contributed by atoms with Crippen molar-refractivity contribution in [1.82, 2.24) is 28.7 Å². The van der Waals surface area contributed by atoms with Crippen LogP contribution in [0.2, 0.25) is 0 Å². The maximum Gasteiger partial charge on any atom is 0.156 e. The molecule has 0 radical (unpaired) electrons. The molecule has 0 unspecified atom stereocenters. The minimum absolute atomic E-state index is 0.251. The first kappa shape index (κ1) is 18.8. The summed E-state index contributed by atoms with van der Waals surface area (Å²) in [7, 11) is 1.84. The highest BCUT2D eigenvalue weighted by Gasteiger charge is 2.31. The van der Waals surface area contributed by atoms with Crippen molar-refractivity contribution in [3.8, 4) is 22.5 Å². The Balaban J connectivity index is 1.49. The fraction of sp³-hybridized carbons (Fsp3) is 0.318. The Morgan fingerprint density at radius 3 is 2.68 bits per heavy atom. The molecule has 1 fully saturated rings. The second kappa shape index (κ2) is 7.35. The molecule has 1 N–H and O–H groups in total. The first-order valence-corrected chi connectivity index (χ1v) is 11.3. The molecule has 0 saturated heterocycles. The van der Waals surface area contributed by atoms with E-state index in [1.54, 1.807) is 16.6 Å². The number of nitrogens with one attached hydrogen (secondary N) is 1. The van der Waals surface area contributed by atoms with Crippen molar-refractivity contribution in [3.63, 3.8) is 0 Å². The lowest BCUT2D eigenvalue weighted by Gasteiger charge is -2.27. The third-order valence-electron chi connectivity index (χ3n) is 5.72. The molecule has 0 bridgehead atoms. The number of halogens is 1. The van der Waals surface area contributed by atoms with Crippen molar-refractivity contribution in [2.24, 2.45) is 0 Å². The van der Waals surface area contributed by atoms with Crippen molar-refractivity contribution < 1.29 is 4.39 Å². The Labute approximate surface area is 183 Å². The van der Waals surface area contributed by atoms with Crippen LogP contribution in [0.15, 0.2) is 42.6 Å². The van der Waals surface area contributed by atoms with Gasteiger partial charge in [0.25, 0.3) is 0 Å². The second-order valence-corrected chi connectivity index (χ2v) is 9.36. The number of aromatic nitrogens is 5. The smallest absolute Gasteiger partial charge is 0.156 e. The van der Waals surface area contributed by atoms with Gasteiger partial charge in [-0.15, -0.1) is 0 Å². The van der Waals surface area contributed by atoms with Gasteiger partial charge in [-0.1, -0.05) is 11.9 Å². The molecule has 0 spiro atoms. The van der Waals surface area contributed by atoms with Gasteiger partial charge in [0.2, 0.25) is 0 Å². The van der Waals surface area contributed by atoms with Gasteiger partial charge in [0.05, 0.1) is 36.2 Å². The van der Waals surface area contributed by atoms with E-state index < -0.39 is 0 Å². The van der Waals surface area contributed by atoms with Crippen LogP contribution < -0.4 is 5.32 Å². The van der Waals surface area contributed by atoms with E-state index >= 15 is 0 Å². The zero-order valence-electron chi connectivity index (χ0n) is 17.1. The average Bonchev–Trinajstić information content (AvgIpc) is 3.37. The molecule has 158 valence electrons. The van der Waals surface area contributed by atoms with Crippen LogP contribution in [-0.4, -0.2) is 47.5 Å². The summed E-state index contributed by atoms with van der Waals surface area (Å²) in [4.78, 5) is 4.50. The monoisotopic (exact) mass is 435 g/mol. The van der Waals surface area contributed by atoms with E-state index in [1.165, 1.54) is 25.0 Å². The normalized spacial score (nSPS) is 16.6. The molecule has 0 amide bonds. The van der Waals surface area contributed by atoms with Gasteiger partial charge in [-0.05, 0) is 49.2 Å². The van der Waals surface area contributed by atoms with E-state index in [-0.39, 0.29) is 5.82 Å². The van der Waals surface area contributed by atoms with E-state index in [0.717, 1.165) is 64.6 Å². The zero-order valence-corrected chi connectivity index (χ0v) is 17.9. The molecule has 31 heavy (non-hydrogen) atoms. The van der Waals surface area contributed by atoms with Crippen molar-refractivity contribution in [2.75, 3.05) is 18.9 Å². The van der Waals surface area contributed by atoms with Crippen molar-refractivity contribution in [2.45, 2.75) is 31.2 Å². The number of benzene rings is 1. The summed E-state index contributed by atoms with van der Waals surface area (Å²) in [5, 5.41) is 13.6. The average molecular weight is 436 g/mol. The molecular formula is C22H22FN7S. The van der Waals surface area contributed by atoms with Crippen LogP contribution in [0.25, 0.3) is 28.2 Å². The quantitative estimate of drug-likeness (QED) is 0.477. The molecule has 1 aliphatic carbocycles. The van der Waals surface area contributed by atoms with Crippen LogP contribution in [0.1, 0.15) is 18.5 Å². The number of imidazole rings is 1. The highest BCUT2D eigenvalue weighted by atomic mass is 32.2. The molecule has 1 saturated carbocycles. The van der Waals surface area contributed by atoms with Crippen LogP contribution in [0.5, 0.6) is 0 Å². The number of rotatable bonds is 5. The van der Waals surface area contributed by atoms with Crippen LogP contribution in [0.4, 0.5) is 10.2 Å². The molecule has 6 rings (SSSR count). The van der Waals surface area contributed by atoms with Gasteiger partial charge in [-0.3, -0.25) is 4.68 Å². The lowest BCUT2D eigenvalue weighted by atomic mass is 10.0. The van der Waals surface area contributed by atoms with Crippen LogP contribution in [0.3, 0.4) is 0 Å². The third kappa shape index (κ3) is 3.47. The SMILES string of the molecule is CNc1cn2nc(-c3c(-c4ccc(F)cc4)nn4c3CN(SC3CC3)CC4)ccc2n1. The Hall–Kier alpha value is -2.91. The molecule has 2 aliphatic rings. The maximum atomic E-state index is 13.6. The minimum Gasteiger partial charge on any atom is -0.372 e. The summed E-state index contributed by atoms with van der Waals surface area (Å²) in [6.07, 6.45) is 4.49. The summed E-state index contributed by atoms with van der Waals surface area (Å²) >= 11 is 1.97. The molecule has 7 nitrogen and oxygen atoms in total. The topological polar surface area (TPSA) is 63.3 Å². The van der Waals surface area contributed by atoms with Gasteiger partial charge in [-0.2, -0.15) is 10.2 Å². The van der Waals surface area contributed by atoms with E-state index in [0.29, 0.717) is 0 Å². The summed E-state index contributed by atoms with van der Waals surface area (Å²) in [6, 6.07) is 10.5. The summed E-state index contributed by atoms with van der Waals surface area (Å²) in [6.45, 7) is 2.62. The molecule has 0 atom stereocenters. The molecular weight excluding hydrogens is 413 g/mol. The highest BCUT2D eigenvalue weighted by Crippen LogP contribution is 2.41. The van der Waals surface area contributed by atoms with Crippen LogP contribution in [0, 0.1) is 5.82 Å². The molecule has 1 aromatic carbocycles. The number of fused-ring (bicyclic) bond motifs is 2. The fourth-order valence-corrected chi connectivity index (χ4v) is 5.14. The minimum atomic E-state index is -0.251. The number of anilines is 1. The van der Waals surface area contributed by atoms with Gasteiger partial charge in [-0.25, -0.2) is 18.2 Å². The van der Waals surface area contributed by atoms with Gasteiger partial charge < -0.3 is 5.32 Å². The van der Waals surface area contributed by atoms with Crippen molar-refractivity contribution in [1.29, 1.82) is 0 Å². The first-order valence-electron chi connectivity index (χ1n) is 10.5. The third-order valence-corrected chi connectivity index (χ3v) is 7.10. The van der Waals surface area contributed by atoms with Gasteiger partial charge in [0, 0.05) is 24.4 Å². The predicted octanol–water partition coefficient (Wildman–Crippen LogP) is 4.07. The Morgan fingerprint density at radius 2 is 1.90 bits per heavy atom. The number of hydrogen-bond donors (Lipinski definition) is 1. The second-order valence-electron chi connectivity index (χ2n) is 7.97. The Bertz CT molecular complexity index is 1260. The van der Waals surface area contributed by atoms with Crippen molar-refractivity contribution in [3.05, 3.63) is 54.1 Å². The Kier molecular flexibility index (Phi) is 4.46. The lowest BCUT2D eigenvalue weighted by molar-refractivity contribution is 0.356. The molecule has 9 heteroatoms. The largest absolute Gasteiger partial charge is 0.372 e. The van der Waals surface area contributed by atoms with E-state index in [1.807, 2.05) is 37.3 Å². The lowest BCUT2D eigenvalue weighted by Crippen LogP contribution is -2.29. The molecule has 4 aromatic rings. The standard InChI is InChI=1S/C22H22FN7S/c1-24-19-13-30-20(25-19)9-8-17(26-30)21-18-12-28(31-16-6-7-16)10-11-29(18)27-22(21)14-2-4-15(23)5-3-14/h2-5,8-9,13,16,24H,6-7,10-12H2,1H3. The Morgan fingerprint density at radius 1 is 1.06 bits per heavy atom. The van der Waals surface area contributed by atoms with Gasteiger partial charge in [0.15, 0.2) is 5.65 Å². The summed E-state index contributed by atoms with van der Waals surface area (Å²) in [5.41, 5.74) is 5.51. The van der Waals surface area contributed by atoms with E-state index in [4.69, 9.17) is 10.2 Å².